The number of aromatic nitrogens is 1. The van der Waals surface area contributed by atoms with Crippen LogP contribution >= 0.6 is 15.9 Å². The monoisotopic (exact) mass is 286 g/mol. The highest BCUT2D eigenvalue weighted by Gasteiger charge is 1.89. The van der Waals surface area contributed by atoms with Crippen LogP contribution in [0.25, 0.3) is 0 Å². The first-order valence-corrected chi connectivity index (χ1v) is 6.49. The van der Waals surface area contributed by atoms with Gasteiger partial charge in [0.15, 0.2) is 0 Å². The Morgan fingerprint density at radius 1 is 1.19 bits per heavy atom. The van der Waals surface area contributed by atoms with Crippen LogP contribution in [-0.4, -0.2) is 4.98 Å². The molecule has 2 nitrogen and oxygen atoms in total. The van der Waals surface area contributed by atoms with Crippen molar-refractivity contribution >= 4 is 21.7 Å². The fourth-order valence-electron chi connectivity index (χ4n) is 0.679. The fourth-order valence-corrected chi connectivity index (χ4v) is 0.914. The van der Waals surface area contributed by atoms with Gasteiger partial charge in [0.2, 0.25) is 0 Å². The van der Waals surface area contributed by atoms with Gasteiger partial charge < -0.3 is 5.32 Å². The zero-order chi connectivity index (χ0) is 13.0. The molecule has 0 spiro atoms. The van der Waals surface area contributed by atoms with Crippen LogP contribution in [0.5, 0.6) is 0 Å². The summed E-state index contributed by atoms with van der Waals surface area (Å²) >= 11 is 3.32. The van der Waals surface area contributed by atoms with Gasteiger partial charge >= 0.3 is 0 Å². The summed E-state index contributed by atoms with van der Waals surface area (Å²) in [4.78, 5) is 4.15. The maximum Gasteiger partial charge on any atom is 0.129 e. The van der Waals surface area contributed by atoms with Crippen molar-refractivity contribution in [1.82, 2.24) is 4.98 Å². The zero-order valence-corrected chi connectivity index (χ0v) is 12.7. The zero-order valence-electron chi connectivity index (χ0n) is 11.1. The van der Waals surface area contributed by atoms with Crippen molar-refractivity contribution in [2.45, 2.75) is 41.5 Å². The third-order valence-corrected chi connectivity index (χ3v) is 1.71. The molecule has 1 aromatic rings. The molecule has 0 aliphatic carbocycles. The molecule has 0 fully saturated rings. The second kappa shape index (κ2) is 12.2. The molecular weight excluding hydrogens is 264 g/mol. The fraction of sp³-hybridized carbons (Fsp3) is 0.462. The molecule has 0 aliphatic heterocycles. The second-order valence-electron chi connectivity index (χ2n) is 2.73. The van der Waals surface area contributed by atoms with E-state index in [1.165, 1.54) is 5.57 Å². The third kappa shape index (κ3) is 9.71. The number of allylic oxidation sites excluding steroid dienone is 1. The van der Waals surface area contributed by atoms with E-state index < -0.39 is 0 Å². The topological polar surface area (TPSA) is 24.9 Å². The molecule has 0 unspecified atom stereocenters. The van der Waals surface area contributed by atoms with E-state index in [-0.39, 0.29) is 0 Å². The number of nitrogens with one attached hydrogen (secondary N) is 1. The Morgan fingerprint density at radius 3 is 2.12 bits per heavy atom. The van der Waals surface area contributed by atoms with Crippen LogP contribution in [0.4, 0.5) is 5.82 Å². The van der Waals surface area contributed by atoms with Gasteiger partial charge in [-0.2, -0.15) is 0 Å². The van der Waals surface area contributed by atoms with Gasteiger partial charge in [-0.25, -0.2) is 4.98 Å². The Morgan fingerprint density at radius 2 is 1.75 bits per heavy atom. The minimum atomic E-state index is 0.861. The quantitative estimate of drug-likeness (QED) is 0.805. The largest absolute Gasteiger partial charge is 0.347 e. The Kier molecular flexibility index (Phi) is 13.4. The Bertz CT molecular complexity index is 274. The predicted octanol–water partition coefficient (Wildman–Crippen LogP) is 5.23. The minimum absolute atomic E-state index is 0.861. The lowest BCUT2D eigenvalue weighted by atomic mass is 10.4. The minimum Gasteiger partial charge on any atom is -0.347 e. The predicted molar refractivity (Wildman–Crippen MR) is 77.7 cm³/mol. The molecule has 92 valence electrons. The highest BCUT2D eigenvalue weighted by molar-refractivity contribution is 9.10. The number of anilines is 1. The summed E-state index contributed by atoms with van der Waals surface area (Å²) in [5.74, 6) is 0.861. The van der Waals surface area contributed by atoms with Crippen LogP contribution in [0.2, 0.25) is 0 Å². The Balaban J connectivity index is 0. The number of pyridine rings is 1. The summed E-state index contributed by atoms with van der Waals surface area (Å²) in [6.45, 7) is 12.1. The van der Waals surface area contributed by atoms with Gasteiger partial charge in [-0.15, -0.1) is 0 Å². The van der Waals surface area contributed by atoms with Crippen molar-refractivity contribution in [3.8, 4) is 0 Å². The average Bonchev–Trinajstić information content (AvgIpc) is 2.33. The van der Waals surface area contributed by atoms with Crippen molar-refractivity contribution in [2.24, 2.45) is 0 Å². The first-order chi connectivity index (χ1) is 7.68. The molecule has 3 heteroatoms. The molecule has 0 saturated carbocycles. The summed E-state index contributed by atoms with van der Waals surface area (Å²) in [5.41, 5.74) is 1.22. The van der Waals surface area contributed by atoms with E-state index in [4.69, 9.17) is 0 Å². The highest BCUT2D eigenvalue weighted by Crippen LogP contribution is 2.10. The van der Waals surface area contributed by atoms with E-state index in [1.807, 2.05) is 59.9 Å². The number of rotatable bonds is 2. The van der Waals surface area contributed by atoms with Crippen LogP contribution in [0.3, 0.4) is 0 Å². The Hall–Kier alpha value is -0.830. The van der Waals surface area contributed by atoms with Crippen LogP contribution in [0.15, 0.2) is 34.6 Å². The van der Waals surface area contributed by atoms with Gasteiger partial charge in [-0.1, -0.05) is 33.3 Å². The lowest BCUT2D eigenvalue weighted by Gasteiger charge is -1.99. The number of hydrogen-bond acceptors (Lipinski definition) is 2. The SMILES string of the molecule is CC.CC.CC(C)=CNc1ccc(Br)cn1. The lowest BCUT2D eigenvalue weighted by molar-refractivity contribution is 1.27. The molecule has 16 heavy (non-hydrogen) atoms. The van der Waals surface area contributed by atoms with Gasteiger partial charge in [0.05, 0.1) is 0 Å². The summed E-state index contributed by atoms with van der Waals surface area (Å²) in [7, 11) is 0. The van der Waals surface area contributed by atoms with Gasteiger partial charge in [-0.3, -0.25) is 0 Å². The van der Waals surface area contributed by atoms with Crippen molar-refractivity contribution in [1.29, 1.82) is 0 Å². The number of halogens is 1. The number of hydrogen-bond donors (Lipinski definition) is 1. The first kappa shape index (κ1) is 17.6. The Labute approximate surface area is 108 Å². The molecule has 1 heterocycles. The van der Waals surface area contributed by atoms with Crippen molar-refractivity contribution in [3.05, 3.63) is 34.6 Å². The van der Waals surface area contributed by atoms with E-state index >= 15 is 0 Å². The second-order valence-corrected chi connectivity index (χ2v) is 3.64. The van der Waals surface area contributed by atoms with Gasteiger partial charge in [0.25, 0.3) is 0 Å². The van der Waals surface area contributed by atoms with Gasteiger partial charge in [0, 0.05) is 16.9 Å². The molecule has 1 N–H and O–H groups in total. The van der Waals surface area contributed by atoms with E-state index in [1.54, 1.807) is 6.20 Å². The molecule has 1 aromatic heterocycles. The van der Waals surface area contributed by atoms with Crippen LogP contribution in [-0.2, 0) is 0 Å². The van der Waals surface area contributed by atoms with E-state index in [0.29, 0.717) is 0 Å². The van der Waals surface area contributed by atoms with Crippen LogP contribution in [0.1, 0.15) is 41.5 Å². The molecule has 0 amide bonds. The van der Waals surface area contributed by atoms with Crippen molar-refractivity contribution in [2.75, 3.05) is 5.32 Å². The van der Waals surface area contributed by atoms with Crippen LogP contribution in [0, 0.1) is 0 Å². The highest BCUT2D eigenvalue weighted by atomic mass is 79.9. The summed E-state index contributed by atoms with van der Waals surface area (Å²) in [5, 5.41) is 3.08. The van der Waals surface area contributed by atoms with Gasteiger partial charge in [0.1, 0.15) is 5.82 Å². The molecule has 0 atom stereocenters. The molecule has 0 saturated heterocycles. The maximum atomic E-state index is 4.15. The smallest absolute Gasteiger partial charge is 0.129 e. The van der Waals surface area contributed by atoms with Crippen molar-refractivity contribution < 1.29 is 0 Å². The number of nitrogens with zero attached hydrogens (tertiary/aromatic N) is 1. The normalized spacial score (nSPS) is 7.69. The molecular formula is C13H23BrN2. The first-order valence-electron chi connectivity index (χ1n) is 5.70. The molecule has 0 aliphatic rings. The molecule has 0 bridgehead atoms. The maximum absolute atomic E-state index is 4.15. The van der Waals surface area contributed by atoms with E-state index in [9.17, 15) is 0 Å². The lowest BCUT2D eigenvalue weighted by Crippen LogP contribution is -1.90. The van der Waals surface area contributed by atoms with Gasteiger partial charge in [-0.05, 0) is 41.9 Å². The van der Waals surface area contributed by atoms with Crippen LogP contribution < -0.4 is 5.32 Å². The van der Waals surface area contributed by atoms with E-state index in [2.05, 4.69) is 26.2 Å². The van der Waals surface area contributed by atoms with E-state index in [0.717, 1.165) is 10.3 Å². The standard InChI is InChI=1S/C9H11BrN2.2C2H6/c1-7(2)5-11-9-4-3-8(10)6-12-9;2*1-2/h3-6H,1-2H3,(H,11,12);2*1-2H3. The summed E-state index contributed by atoms with van der Waals surface area (Å²) in [6, 6.07) is 3.87. The molecule has 1 rings (SSSR count). The van der Waals surface area contributed by atoms with Crippen molar-refractivity contribution in [3.63, 3.8) is 0 Å². The summed E-state index contributed by atoms with van der Waals surface area (Å²) in [6.07, 6.45) is 3.69. The molecule has 0 aromatic carbocycles. The molecule has 0 radical (unpaired) electrons. The summed E-state index contributed by atoms with van der Waals surface area (Å²) < 4.78 is 0.991. The third-order valence-electron chi connectivity index (χ3n) is 1.24. The average molecular weight is 287 g/mol.